The van der Waals surface area contributed by atoms with Gasteiger partial charge < -0.3 is 0 Å². The molecule has 0 heterocycles. The van der Waals surface area contributed by atoms with Gasteiger partial charge in [0.15, 0.2) is 0 Å². The standard InChI is InChI=1S/C9H11ClO/c1-9(2,11-10)8-6-4-3-5-7-8/h3-7H,1-2H3. The minimum absolute atomic E-state index is 0.400. The van der Waals surface area contributed by atoms with Crippen LogP contribution >= 0.6 is 11.9 Å². The maximum absolute atomic E-state index is 5.33. The van der Waals surface area contributed by atoms with E-state index in [1.807, 2.05) is 44.2 Å². The number of hydrogen-bond donors (Lipinski definition) is 0. The Morgan fingerprint density at radius 2 is 1.73 bits per heavy atom. The summed E-state index contributed by atoms with van der Waals surface area (Å²) in [5, 5.41) is 0. The Morgan fingerprint density at radius 3 is 2.18 bits per heavy atom. The monoisotopic (exact) mass is 170 g/mol. The van der Waals surface area contributed by atoms with Crippen molar-refractivity contribution in [2.75, 3.05) is 0 Å². The number of halogens is 1. The average Bonchev–Trinajstić information content (AvgIpc) is 2.06. The first-order valence-corrected chi connectivity index (χ1v) is 3.83. The molecular weight excluding hydrogens is 160 g/mol. The third-order valence-corrected chi connectivity index (χ3v) is 2.05. The van der Waals surface area contributed by atoms with Gasteiger partial charge in [0.1, 0.15) is 5.60 Å². The number of benzene rings is 1. The van der Waals surface area contributed by atoms with Crippen molar-refractivity contribution in [3.63, 3.8) is 0 Å². The summed E-state index contributed by atoms with van der Waals surface area (Å²) < 4.78 is 4.80. The normalized spacial score (nSPS) is 11.5. The van der Waals surface area contributed by atoms with Crippen molar-refractivity contribution in [1.82, 2.24) is 0 Å². The van der Waals surface area contributed by atoms with E-state index in [-0.39, 0.29) is 0 Å². The molecule has 1 aromatic rings. The molecule has 0 unspecified atom stereocenters. The van der Waals surface area contributed by atoms with E-state index in [1.54, 1.807) is 0 Å². The first kappa shape index (κ1) is 8.57. The molecule has 1 rings (SSSR count). The molecule has 0 aromatic heterocycles. The molecular formula is C9H11ClO. The van der Waals surface area contributed by atoms with E-state index in [4.69, 9.17) is 16.2 Å². The highest BCUT2D eigenvalue weighted by atomic mass is 35.5. The average molecular weight is 171 g/mol. The van der Waals surface area contributed by atoms with E-state index in [1.165, 1.54) is 0 Å². The predicted molar refractivity (Wildman–Crippen MR) is 46.4 cm³/mol. The third-order valence-electron chi connectivity index (χ3n) is 1.66. The molecule has 0 aliphatic rings. The van der Waals surface area contributed by atoms with Gasteiger partial charge in [-0.15, -0.1) is 0 Å². The fourth-order valence-corrected chi connectivity index (χ4v) is 0.973. The van der Waals surface area contributed by atoms with Crippen LogP contribution in [0.25, 0.3) is 0 Å². The molecule has 0 amide bonds. The first-order valence-electron chi connectivity index (χ1n) is 3.52. The predicted octanol–water partition coefficient (Wildman–Crippen LogP) is 3.09. The second-order valence-electron chi connectivity index (χ2n) is 2.95. The van der Waals surface area contributed by atoms with Crippen LogP contribution in [0.5, 0.6) is 0 Å². The van der Waals surface area contributed by atoms with Crippen LogP contribution in [0, 0.1) is 0 Å². The van der Waals surface area contributed by atoms with Crippen LogP contribution in [0.15, 0.2) is 30.3 Å². The molecule has 2 heteroatoms. The van der Waals surface area contributed by atoms with Gasteiger partial charge >= 0.3 is 0 Å². The summed E-state index contributed by atoms with van der Waals surface area (Å²) >= 11 is 5.33. The van der Waals surface area contributed by atoms with Crippen molar-refractivity contribution >= 4 is 11.9 Å². The van der Waals surface area contributed by atoms with Crippen LogP contribution in [0.4, 0.5) is 0 Å². The van der Waals surface area contributed by atoms with Gasteiger partial charge in [0, 0.05) is 0 Å². The molecule has 11 heavy (non-hydrogen) atoms. The molecule has 0 aliphatic heterocycles. The summed E-state index contributed by atoms with van der Waals surface area (Å²) in [5.41, 5.74) is 0.679. The third kappa shape index (κ3) is 1.95. The van der Waals surface area contributed by atoms with Gasteiger partial charge in [-0.2, -0.15) is 0 Å². The molecule has 0 bridgehead atoms. The van der Waals surface area contributed by atoms with Gasteiger partial charge in [-0.05, 0) is 19.4 Å². The van der Waals surface area contributed by atoms with Crippen molar-refractivity contribution < 1.29 is 4.29 Å². The van der Waals surface area contributed by atoms with Crippen LogP contribution in [0.2, 0.25) is 0 Å². The highest BCUT2D eigenvalue weighted by Crippen LogP contribution is 2.25. The zero-order chi connectivity index (χ0) is 8.32. The second-order valence-corrected chi connectivity index (χ2v) is 3.11. The Morgan fingerprint density at radius 1 is 1.18 bits per heavy atom. The fourth-order valence-electron chi connectivity index (χ4n) is 0.884. The van der Waals surface area contributed by atoms with Gasteiger partial charge in [0.05, 0.1) is 11.9 Å². The van der Waals surface area contributed by atoms with Gasteiger partial charge in [0.25, 0.3) is 0 Å². The number of hydrogen-bond acceptors (Lipinski definition) is 1. The zero-order valence-corrected chi connectivity index (χ0v) is 7.43. The van der Waals surface area contributed by atoms with Crippen molar-refractivity contribution in [3.05, 3.63) is 35.9 Å². The Hall–Kier alpha value is -0.530. The van der Waals surface area contributed by atoms with Crippen LogP contribution in [0.1, 0.15) is 19.4 Å². The van der Waals surface area contributed by atoms with Crippen LogP contribution in [0.3, 0.4) is 0 Å². The van der Waals surface area contributed by atoms with Crippen LogP contribution in [-0.4, -0.2) is 0 Å². The molecule has 1 nitrogen and oxygen atoms in total. The Balaban J connectivity index is 2.93. The van der Waals surface area contributed by atoms with Gasteiger partial charge in [-0.3, -0.25) is 4.29 Å². The van der Waals surface area contributed by atoms with E-state index in [2.05, 4.69) is 0 Å². The lowest BCUT2D eigenvalue weighted by Crippen LogP contribution is -2.16. The molecule has 0 saturated carbocycles. The molecule has 0 aliphatic carbocycles. The lowest BCUT2D eigenvalue weighted by Gasteiger charge is -2.20. The quantitative estimate of drug-likeness (QED) is 0.663. The van der Waals surface area contributed by atoms with Crippen molar-refractivity contribution in [2.24, 2.45) is 0 Å². The topological polar surface area (TPSA) is 9.23 Å². The van der Waals surface area contributed by atoms with E-state index in [0.717, 1.165) is 5.56 Å². The molecule has 1 aromatic carbocycles. The zero-order valence-electron chi connectivity index (χ0n) is 6.67. The lowest BCUT2D eigenvalue weighted by atomic mass is 9.99. The summed E-state index contributed by atoms with van der Waals surface area (Å²) in [7, 11) is 0. The van der Waals surface area contributed by atoms with Crippen molar-refractivity contribution in [3.8, 4) is 0 Å². The summed E-state index contributed by atoms with van der Waals surface area (Å²) in [5.74, 6) is 0. The molecule has 0 atom stereocenters. The molecule has 60 valence electrons. The Bertz CT molecular complexity index is 218. The van der Waals surface area contributed by atoms with Gasteiger partial charge in [0.2, 0.25) is 0 Å². The van der Waals surface area contributed by atoms with E-state index < -0.39 is 5.60 Å². The molecule has 0 N–H and O–H groups in total. The van der Waals surface area contributed by atoms with E-state index >= 15 is 0 Å². The lowest BCUT2D eigenvalue weighted by molar-refractivity contribution is 0.125. The highest BCUT2D eigenvalue weighted by Gasteiger charge is 2.19. The SMILES string of the molecule is CC(C)(OCl)c1ccccc1. The summed E-state index contributed by atoms with van der Waals surface area (Å²) in [6.45, 7) is 3.85. The summed E-state index contributed by atoms with van der Waals surface area (Å²) in [4.78, 5) is 0. The molecule has 0 saturated heterocycles. The van der Waals surface area contributed by atoms with Crippen molar-refractivity contribution in [2.45, 2.75) is 19.4 Å². The number of rotatable bonds is 2. The summed E-state index contributed by atoms with van der Waals surface area (Å²) in [6, 6.07) is 9.87. The summed E-state index contributed by atoms with van der Waals surface area (Å²) in [6.07, 6.45) is 0. The van der Waals surface area contributed by atoms with Gasteiger partial charge in [-0.1, -0.05) is 30.3 Å². The molecule has 0 spiro atoms. The first-order chi connectivity index (χ1) is 5.17. The Labute approximate surface area is 72.1 Å². The molecule has 0 radical (unpaired) electrons. The molecule has 0 fully saturated rings. The van der Waals surface area contributed by atoms with Gasteiger partial charge in [-0.25, -0.2) is 0 Å². The largest absolute Gasteiger partial charge is 0.268 e. The van der Waals surface area contributed by atoms with E-state index in [0.29, 0.717) is 0 Å². The maximum atomic E-state index is 5.33. The highest BCUT2D eigenvalue weighted by molar-refractivity contribution is 6.07. The van der Waals surface area contributed by atoms with Crippen molar-refractivity contribution in [1.29, 1.82) is 0 Å². The fraction of sp³-hybridized carbons (Fsp3) is 0.333. The minimum atomic E-state index is -0.400. The van der Waals surface area contributed by atoms with Crippen LogP contribution < -0.4 is 0 Å². The second kappa shape index (κ2) is 3.24. The maximum Gasteiger partial charge on any atom is 0.109 e. The van der Waals surface area contributed by atoms with Crippen LogP contribution in [-0.2, 0) is 9.89 Å². The Kier molecular flexibility index (Phi) is 2.53. The minimum Gasteiger partial charge on any atom is -0.268 e. The smallest absolute Gasteiger partial charge is 0.109 e. The van der Waals surface area contributed by atoms with E-state index in [9.17, 15) is 0 Å².